The van der Waals surface area contributed by atoms with Crippen LogP contribution in [0, 0.1) is 0 Å². The molecule has 0 saturated carbocycles. The van der Waals surface area contributed by atoms with Gasteiger partial charge in [0.1, 0.15) is 0 Å². The van der Waals surface area contributed by atoms with E-state index in [0.717, 1.165) is 5.56 Å². The zero-order valence-corrected chi connectivity index (χ0v) is 11.7. The van der Waals surface area contributed by atoms with Gasteiger partial charge >= 0.3 is 0 Å². The van der Waals surface area contributed by atoms with Crippen LogP contribution in [-0.2, 0) is 4.79 Å². The highest BCUT2D eigenvalue weighted by atomic mass is 16.1. The Morgan fingerprint density at radius 2 is 1.81 bits per heavy atom. The Bertz CT molecular complexity index is 638. The van der Waals surface area contributed by atoms with Crippen LogP contribution in [0.15, 0.2) is 48.5 Å². The lowest BCUT2D eigenvalue weighted by Gasteiger charge is -2.11. The van der Waals surface area contributed by atoms with Gasteiger partial charge in [-0.3, -0.25) is 9.59 Å². The standard InChI is InChI=1S/C16H17N3O2/c1-11(18-10-20)12-6-8-13(9-7-12)16(21)19-15-5-3-2-4-14(15)17/h2-11H,17H2,1H3,(H,18,20)(H,19,21). The maximum Gasteiger partial charge on any atom is 0.255 e. The molecular formula is C16H17N3O2. The number of hydrogen-bond acceptors (Lipinski definition) is 3. The number of benzene rings is 2. The van der Waals surface area contributed by atoms with E-state index in [-0.39, 0.29) is 11.9 Å². The monoisotopic (exact) mass is 283 g/mol. The number of amides is 2. The van der Waals surface area contributed by atoms with E-state index in [0.29, 0.717) is 23.3 Å². The molecule has 5 heteroatoms. The zero-order valence-electron chi connectivity index (χ0n) is 11.7. The third-order valence-corrected chi connectivity index (χ3v) is 3.20. The summed E-state index contributed by atoms with van der Waals surface area (Å²) in [4.78, 5) is 22.5. The van der Waals surface area contributed by atoms with Crippen molar-refractivity contribution in [2.24, 2.45) is 0 Å². The third kappa shape index (κ3) is 3.60. The summed E-state index contributed by atoms with van der Waals surface area (Å²) in [5, 5.41) is 5.42. The lowest BCUT2D eigenvalue weighted by Crippen LogP contribution is -2.17. The van der Waals surface area contributed by atoms with Crippen LogP contribution in [0.2, 0.25) is 0 Å². The van der Waals surface area contributed by atoms with Gasteiger partial charge in [0.15, 0.2) is 0 Å². The molecule has 1 unspecified atom stereocenters. The molecule has 2 aromatic rings. The molecule has 0 aromatic heterocycles. The first-order valence-corrected chi connectivity index (χ1v) is 6.57. The highest BCUT2D eigenvalue weighted by molar-refractivity contribution is 6.05. The number of nitrogens with two attached hydrogens (primary N) is 1. The van der Waals surface area contributed by atoms with Gasteiger partial charge in [-0.2, -0.15) is 0 Å². The molecule has 0 radical (unpaired) electrons. The van der Waals surface area contributed by atoms with Gasteiger partial charge in [0, 0.05) is 5.56 Å². The molecule has 21 heavy (non-hydrogen) atoms. The molecule has 4 N–H and O–H groups in total. The average molecular weight is 283 g/mol. The van der Waals surface area contributed by atoms with Gasteiger partial charge in [0.2, 0.25) is 6.41 Å². The van der Waals surface area contributed by atoms with Gasteiger partial charge in [-0.1, -0.05) is 24.3 Å². The van der Waals surface area contributed by atoms with Crippen molar-refractivity contribution < 1.29 is 9.59 Å². The van der Waals surface area contributed by atoms with E-state index >= 15 is 0 Å². The number of rotatable bonds is 5. The second kappa shape index (κ2) is 6.56. The topological polar surface area (TPSA) is 84.2 Å². The molecule has 0 heterocycles. The molecule has 0 aliphatic carbocycles. The molecule has 2 rings (SSSR count). The number of carbonyl (C=O) groups excluding carboxylic acids is 2. The van der Waals surface area contributed by atoms with Crippen molar-refractivity contribution in [1.82, 2.24) is 5.32 Å². The van der Waals surface area contributed by atoms with Crippen LogP contribution in [0.25, 0.3) is 0 Å². The Kier molecular flexibility index (Phi) is 4.56. The van der Waals surface area contributed by atoms with Crippen molar-refractivity contribution in [3.63, 3.8) is 0 Å². The van der Waals surface area contributed by atoms with Crippen molar-refractivity contribution in [2.75, 3.05) is 11.1 Å². The number of hydrogen-bond donors (Lipinski definition) is 3. The summed E-state index contributed by atoms with van der Waals surface area (Å²) in [7, 11) is 0. The van der Waals surface area contributed by atoms with Crippen LogP contribution in [0.3, 0.4) is 0 Å². The minimum Gasteiger partial charge on any atom is -0.397 e. The van der Waals surface area contributed by atoms with Crippen molar-refractivity contribution in [3.05, 3.63) is 59.7 Å². The fraction of sp³-hybridized carbons (Fsp3) is 0.125. The van der Waals surface area contributed by atoms with E-state index in [4.69, 9.17) is 5.73 Å². The van der Waals surface area contributed by atoms with E-state index in [1.807, 2.05) is 25.1 Å². The Morgan fingerprint density at radius 1 is 1.14 bits per heavy atom. The molecule has 0 aliphatic rings. The molecule has 0 fully saturated rings. The highest BCUT2D eigenvalue weighted by Crippen LogP contribution is 2.18. The van der Waals surface area contributed by atoms with Crippen molar-refractivity contribution in [1.29, 1.82) is 0 Å². The predicted molar refractivity (Wildman–Crippen MR) is 82.9 cm³/mol. The summed E-state index contributed by atoms with van der Waals surface area (Å²) in [6.45, 7) is 1.87. The summed E-state index contributed by atoms with van der Waals surface area (Å²) in [5.74, 6) is -0.226. The number of carbonyl (C=O) groups is 2. The van der Waals surface area contributed by atoms with E-state index < -0.39 is 0 Å². The molecule has 108 valence electrons. The van der Waals surface area contributed by atoms with Gasteiger partial charge in [-0.05, 0) is 36.8 Å². The number of anilines is 2. The fourth-order valence-electron chi connectivity index (χ4n) is 1.93. The van der Waals surface area contributed by atoms with Crippen LogP contribution in [0.1, 0.15) is 28.9 Å². The maximum absolute atomic E-state index is 12.1. The summed E-state index contributed by atoms with van der Waals surface area (Å²) in [5.41, 5.74) is 8.35. The largest absolute Gasteiger partial charge is 0.397 e. The molecule has 2 aromatic carbocycles. The fourth-order valence-corrected chi connectivity index (χ4v) is 1.93. The van der Waals surface area contributed by atoms with Crippen LogP contribution in [-0.4, -0.2) is 12.3 Å². The molecule has 0 aliphatic heterocycles. The summed E-state index contributed by atoms with van der Waals surface area (Å²) in [6.07, 6.45) is 0.656. The van der Waals surface area contributed by atoms with E-state index in [1.165, 1.54) is 0 Å². The molecule has 0 spiro atoms. The molecule has 5 nitrogen and oxygen atoms in total. The molecule has 0 saturated heterocycles. The Morgan fingerprint density at radius 3 is 2.43 bits per heavy atom. The first-order valence-electron chi connectivity index (χ1n) is 6.57. The van der Waals surface area contributed by atoms with Gasteiger partial charge in [-0.15, -0.1) is 0 Å². The first-order chi connectivity index (χ1) is 10.1. The normalized spacial score (nSPS) is 11.5. The second-order valence-electron chi connectivity index (χ2n) is 4.67. The maximum atomic E-state index is 12.1. The summed E-state index contributed by atoms with van der Waals surface area (Å²) >= 11 is 0. The van der Waals surface area contributed by atoms with E-state index in [9.17, 15) is 9.59 Å². The van der Waals surface area contributed by atoms with Gasteiger partial charge in [-0.25, -0.2) is 0 Å². The van der Waals surface area contributed by atoms with Gasteiger partial charge < -0.3 is 16.4 Å². The molecule has 1 atom stereocenters. The molecule has 2 amide bonds. The minimum atomic E-state index is -0.226. The van der Waals surface area contributed by atoms with E-state index in [2.05, 4.69) is 10.6 Å². The van der Waals surface area contributed by atoms with Crippen LogP contribution >= 0.6 is 0 Å². The number of nitrogens with one attached hydrogen (secondary N) is 2. The highest BCUT2D eigenvalue weighted by Gasteiger charge is 2.09. The van der Waals surface area contributed by atoms with E-state index in [1.54, 1.807) is 30.3 Å². The number of para-hydroxylation sites is 2. The lowest BCUT2D eigenvalue weighted by molar-refractivity contribution is -0.110. The van der Waals surface area contributed by atoms with Crippen LogP contribution in [0.5, 0.6) is 0 Å². The Balaban J connectivity index is 2.10. The Labute approximate surface area is 123 Å². The average Bonchev–Trinajstić information content (AvgIpc) is 2.50. The van der Waals surface area contributed by atoms with Crippen LogP contribution < -0.4 is 16.4 Å². The van der Waals surface area contributed by atoms with Crippen molar-refractivity contribution in [2.45, 2.75) is 13.0 Å². The first kappa shape index (κ1) is 14.6. The quantitative estimate of drug-likeness (QED) is 0.581. The van der Waals surface area contributed by atoms with Crippen molar-refractivity contribution in [3.8, 4) is 0 Å². The smallest absolute Gasteiger partial charge is 0.255 e. The number of nitrogen functional groups attached to an aromatic ring is 1. The zero-order chi connectivity index (χ0) is 15.2. The van der Waals surface area contributed by atoms with Crippen molar-refractivity contribution >= 4 is 23.7 Å². The summed E-state index contributed by atoms with van der Waals surface area (Å²) in [6, 6.07) is 14.0. The van der Waals surface area contributed by atoms with Crippen LogP contribution in [0.4, 0.5) is 11.4 Å². The SMILES string of the molecule is CC(NC=O)c1ccc(C(=O)Nc2ccccc2N)cc1. The summed E-state index contributed by atoms with van der Waals surface area (Å²) < 4.78 is 0. The second-order valence-corrected chi connectivity index (χ2v) is 4.67. The molecular weight excluding hydrogens is 266 g/mol. The lowest BCUT2D eigenvalue weighted by atomic mass is 10.1. The molecule has 0 bridgehead atoms. The minimum absolute atomic E-state index is 0.0932. The van der Waals surface area contributed by atoms with Gasteiger partial charge in [0.25, 0.3) is 5.91 Å². The van der Waals surface area contributed by atoms with Gasteiger partial charge in [0.05, 0.1) is 17.4 Å². The Hall–Kier alpha value is -2.82. The third-order valence-electron chi connectivity index (χ3n) is 3.20. The predicted octanol–water partition coefficient (Wildman–Crippen LogP) is 2.33.